The van der Waals surface area contributed by atoms with Crippen LogP contribution in [0, 0.1) is 17.1 Å². The average Bonchev–Trinajstić information content (AvgIpc) is 2.50. The van der Waals surface area contributed by atoms with Gasteiger partial charge >= 0.3 is 0 Å². The molecule has 1 N–H and O–H groups in total. The minimum absolute atomic E-state index is 0.279. The fourth-order valence-corrected chi connectivity index (χ4v) is 2.14. The van der Waals surface area contributed by atoms with Crippen molar-refractivity contribution in [1.29, 1.82) is 5.26 Å². The summed E-state index contributed by atoms with van der Waals surface area (Å²) in [6.07, 6.45) is 0.473. The van der Waals surface area contributed by atoms with Crippen LogP contribution in [-0.2, 0) is 6.42 Å². The summed E-state index contributed by atoms with van der Waals surface area (Å²) in [5.74, 6) is 0.445. The van der Waals surface area contributed by atoms with Gasteiger partial charge in [-0.3, -0.25) is 0 Å². The summed E-state index contributed by atoms with van der Waals surface area (Å²) in [7, 11) is 1.60. The van der Waals surface area contributed by atoms with Crippen molar-refractivity contribution in [3.05, 3.63) is 59.9 Å². The molecule has 0 spiro atoms. The summed E-state index contributed by atoms with van der Waals surface area (Å²) < 4.78 is 18.1. The lowest BCUT2D eigenvalue weighted by Crippen LogP contribution is -2.35. The number of nitriles is 1. The second-order valence-corrected chi connectivity index (χ2v) is 5.10. The van der Waals surface area contributed by atoms with Gasteiger partial charge in [0.25, 0.3) is 0 Å². The first kappa shape index (κ1) is 14.9. The number of ether oxygens (including phenoxy) is 1. The number of hydrogen-bond donors (Lipinski definition) is 1. The van der Waals surface area contributed by atoms with Crippen molar-refractivity contribution in [3.63, 3.8) is 0 Å². The normalized spacial score (nSPS) is 13.0. The maximum Gasteiger partial charge on any atom is 0.126 e. The number of halogens is 1. The van der Waals surface area contributed by atoms with Gasteiger partial charge in [0.05, 0.1) is 13.2 Å². The summed E-state index contributed by atoms with van der Waals surface area (Å²) in [5.41, 5.74) is 0.917. The highest BCUT2D eigenvalue weighted by molar-refractivity contribution is 5.51. The molecule has 108 valence electrons. The van der Waals surface area contributed by atoms with Gasteiger partial charge < -0.3 is 10.1 Å². The van der Waals surface area contributed by atoms with Crippen LogP contribution >= 0.6 is 0 Å². The van der Waals surface area contributed by atoms with Crippen molar-refractivity contribution in [2.75, 3.05) is 12.4 Å². The Balaban J connectivity index is 2.17. The zero-order valence-electron chi connectivity index (χ0n) is 12.1. The van der Waals surface area contributed by atoms with Crippen LogP contribution in [0.15, 0.2) is 48.5 Å². The van der Waals surface area contributed by atoms with Crippen molar-refractivity contribution >= 4 is 5.69 Å². The fourth-order valence-electron chi connectivity index (χ4n) is 2.14. The van der Waals surface area contributed by atoms with E-state index in [1.165, 1.54) is 12.1 Å². The van der Waals surface area contributed by atoms with Gasteiger partial charge in [-0.1, -0.05) is 18.2 Å². The van der Waals surface area contributed by atoms with Crippen molar-refractivity contribution < 1.29 is 9.13 Å². The molecule has 0 saturated carbocycles. The second-order valence-electron chi connectivity index (χ2n) is 5.10. The van der Waals surface area contributed by atoms with Crippen molar-refractivity contribution in [2.24, 2.45) is 0 Å². The lowest BCUT2D eigenvalue weighted by Gasteiger charge is -2.25. The van der Waals surface area contributed by atoms with E-state index in [1.807, 2.05) is 31.2 Å². The minimum atomic E-state index is -0.788. The number of rotatable bonds is 5. The van der Waals surface area contributed by atoms with Crippen molar-refractivity contribution in [3.8, 4) is 11.8 Å². The lowest BCUT2D eigenvalue weighted by molar-refractivity contribution is 0.415. The first-order chi connectivity index (χ1) is 10.0. The summed E-state index contributed by atoms with van der Waals surface area (Å²) in [5, 5.41) is 12.7. The highest BCUT2D eigenvalue weighted by Gasteiger charge is 2.24. The molecule has 4 heteroatoms. The van der Waals surface area contributed by atoms with E-state index in [2.05, 4.69) is 11.4 Å². The van der Waals surface area contributed by atoms with E-state index in [0.29, 0.717) is 6.42 Å². The quantitative estimate of drug-likeness (QED) is 0.909. The van der Waals surface area contributed by atoms with Gasteiger partial charge in [0, 0.05) is 18.2 Å². The zero-order chi connectivity index (χ0) is 15.3. The molecule has 0 fully saturated rings. The molecule has 3 nitrogen and oxygen atoms in total. The smallest absolute Gasteiger partial charge is 0.126 e. The molecule has 0 saturated heterocycles. The number of hydrogen-bond acceptors (Lipinski definition) is 3. The van der Waals surface area contributed by atoms with E-state index < -0.39 is 5.54 Å². The predicted octanol–water partition coefficient (Wildman–Crippen LogP) is 3.77. The Labute approximate surface area is 124 Å². The van der Waals surface area contributed by atoms with Crippen LogP contribution in [0.5, 0.6) is 5.75 Å². The van der Waals surface area contributed by atoms with Crippen LogP contribution in [0.4, 0.5) is 10.1 Å². The molecule has 0 aromatic heterocycles. The van der Waals surface area contributed by atoms with Crippen LogP contribution in [-0.4, -0.2) is 12.6 Å². The minimum Gasteiger partial charge on any atom is -0.497 e. The predicted molar refractivity (Wildman–Crippen MR) is 80.7 cm³/mol. The second kappa shape index (κ2) is 6.27. The van der Waals surface area contributed by atoms with Crippen molar-refractivity contribution in [1.82, 2.24) is 0 Å². The average molecular weight is 284 g/mol. The molecule has 2 aromatic carbocycles. The number of benzene rings is 2. The van der Waals surface area contributed by atoms with Gasteiger partial charge in [-0.05, 0) is 36.8 Å². The molecule has 0 bridgehead atoms. The molecule has 1 unspecified atom stereocenters. The van der Waals surface area contributed by atoms with E-state index >= 15 is 0 Å². The van der Waals surface area contributed by atoms with Crippen LogP contribution in [0.2, 0.25) is 0 Å². The molecule has 0 aliphatic carbocycles. The van der Waals surface area contributed by atoms with Gasteiger partial charge in [0.1, 0.15) is 17.1 Å². The first-order valence-electron chi connectivity index (χ1n) is 6.62. The largest absolute Gasteiger partial charge is 0.497 e. The van der Waals surface area contributed by atoms with E-state index in [4.69, 9.17) is 4.74 Å². The zero-order valence-corrected chi connectivity index (χ0v) is 12.1. The van der Waals surface area contributed by atoms with Gasteiger partial charge in [-0.25, -0.2) is 4.39 Å². The number of nitrogens with one attached hydrogen (secondary N) is 1. The summed E-state index contributed by atoms with van der Waals surface area (Å²) in [6.45, 7) is 1.82. The molecule has 21 heavy (non-hydrogen) atoms. The lowest BCUT2D eigenvalue weighted by atomic mass is 9.94. The van der Waals surface area contributed by atoms with Crippen molar-refractivity contribution in [2.45, 2.75) is 18.9 Å². The standard InChI is InChI=1S/C17H17FN2O/c1-17(12-19,11-13-6-8-14(18)9-7-13)20-15-4-3-5-16(10-15)21-2/h3-10,20H,11H2,1-2H3. The van der Waals surface area contributed by atoms with Gasteiger partial charge in [0.2, 0.25) is 0 Å². The highest BCUT2D eigenvalue weighted by Crippen LogP contribution is 2.23. The number of anilines is 1. The Hall–Kier alpha value is -2.54. The Bertz CT molecular complexity index is 649. The topological polar surface area (TPSA) is 45.0 Å². The maximum atomic E-state index is 12.9. The molecular formula is C17H17FN2O. The molecule has 1 atom stereocenters. The Morgan fingerprint density at radius 2 is 1.95 bits per heavy atom. The summed E-state index contributed by atoms with van der Waals surface area (Å²) in [6, 6.07) is 15.9. The molecule has 2 rings (SSSR count). The summed E-state index contributed by atoms with van der Waals surface area (Å²) in [4.78, 5) is 0. The van der Waals surface area contributed by atoms with Gasteiger partial charge in [0.15, 0.2) is 0 Å². The first-order valence-corrected chi connectivity index (χ1v) is 6.62. The fraction of sp³-hybridized carbons (Fsp3) is 0.235. The van der Waals surface area contributed by atoms with Crippen LogP contribution in [0.3, 0.4) is 0 Å². The number of methoxy groups -OCH3 is 1. The van der Waals surface area contributed by atoms with Crippen LogP contribution < -0.4 is 10.1 Å². The SMILES string of the molecule is COc1cccc(NC(C)(C#N)Cc2ccc(F)cc2)c1. The van der Waals surface area contributed by atoms with E-state index in [9.17, 15) is 9.65 Å². The van der Waals surface area contributed by atoms with Crippen LogP contribution in [0.25, 0.3) is 0 Å². The van der Waals surface area contributed by atoms with Gasteiger partial charge in [-0.15, -0.1) is 0 Å². The Morgan fingerprint density at radius 3 is 2.57 bits per heavy atom. The Kier molecular flexibility index (Phi) is 4.44. The monoisotopic (exact) mass is 284 g/mol. The summed E-state index contributed by atoms with van der Waals surface area (Å²) >= 11 is 0. The molecule has 0 radical (unpaired) electrons. The molecule has 2 aromatic rings. The molecular weight excluding hydrogens is 267 g/mol. The third kappa shape index (κ3) is 3.96. The van der Waals surface area contributed by atoms with E-state index in [1.54, 1.807) is 19.2 Å². The molecule has 0 aliphatic rings. The van der Waals surface area contributed by atoms with E-state index in [-0.39, 0.29) is 5.82 Å². The third-order valence-electron chi connectivity index (χ3n) is 3.21. The molecule has 0 aliphatic heterocycles. The third-order valence-corrected chi connectivity index (χ3v) is 3.21. The maximum absolute atomic E-state index is 12.9. The number of nitrogens with zero attached hydrogens (tertiary/aromatic N) is 1. The van der Waals surface area contributed by atoms with Gasteiger partial charge in [-0.2, -0.15) is 5.26 Å². The molecule has 0 amide bonds. The molecule has 0 heterocycles. The highest BCUT2D eigenvalue weighted by atomic mass is 19.1. The van der Waals surface area contributed by atoms with Crippen LogP contribution in [0.1, 0.15) is 12.5 Å². The Morgan fingerprint density at radius 1 is 1.24 bits per heavy atom. The van der Waals surface area contributed by atoms with E-state index in [0.717, 1.165) is 17.0 Å².